The lowest BCUT2D eigenvalue weighted by molar-refractivity contribution is 0.192. The summed E-state index contributed by atoms with van der Waals surface area (Å²) in [7, 11) is 5.06. The molecule has 4 nitrogen and oxygen atoms in total. The van der Waals surface area contributed by atoms with Crippen molar-refractivity contribution in [2.45, 2.75) is 32.2 Å². The molecular formula is C16H27NO3. The Hall–Kier alpha value is -1.26. The van der Waals surface area contributed by atoms with Gasteiger partial charge in [0.2, 0.25) is 0 Å². The van der Waals surface area contributed by atoms with E-state index in [1.807, 2.05) is 12.1 Å². The van der Waals surface area contributed by atoms with Crippen molar-refractivity contribution < 1.29 is 14.2 Å². The highest BCUT2D eigenvalue weighted by Crippen LogP contribution is 2.29. The Labute approximate surface area is 122 Å². The summed E-state index contributed by atoms with van der Waals surface area (Å²) < 4.78 is 15.6. The van der Waals surface area contributed by atoms with Crippen LogP contribution in [0.2, 0.25) is 0 Å². The molecule has 0 aliphatic heterocycles. The number of hydrogen-bond donors (Lipinski definition) is 1. The summed E-state index contributed by atoms with van der Waals surface area (Å²) >= 11 is 0. The van der Waals surface area contributed by atoms with E-state index in [1.54, 1.807) is 21.3 Å². The number of benzene rings is 1. The van der Waals surface area contributed by atoms with Crippen LogP contribution in [0.5, 0.6) is 11.5 Å². The summed E-state index contributed by atoms with van der Waals surface area (Å²) in [5.41, 5.74) is 1.21. The van der Waals surface area contributed by atoms with Gasteiger partial charge in [-0.1, -0.05) is 6.07 Å². The Bertz CT molecular complexity index is 382. The third-order valence-electron chi connectivity index (χ3n) is 3.38. The molecule has 20 heavy (non-hydrogen) atoms. The van der Waals surface area contributed by atoms with Crippen LogP contribution in [-0.2, 0) is 4.74 Å². The van der Waals surface area contributed by atoms with Crippen molar-refractivity contribution in [3.8, 4) is 11.5 Å². The van der Waals surface area contributed by atoms with Crippen LogP contribution in [0.3, 0.4) is 0 Å². The summed E-state index contributed by atoms with van der Waals surface area (Å²) in [5.74, 6) is 1.54. The van der Waals surface area contributed by atoms with Gasteiger partial charge in [-0.25, -0.2) is 0 Å². The van der Waals surface area contributed by atoms with Crippen LogP contribution in [-0.4, -0.2) is 34.5 Å². The second kappa shape index (κ2) is 9.61. The molecule has 0 aromatic heterocycles. The molecule has 4 heteroatoms. The van der Waals surface area contributed by atoms with Crippen molar-refractivity contribution in [3.63, 3.8) is 0 Å². The maximum absolute atomic E-state index is 5.33. The van der Waals surface area contributed by atoms with Crippen molar-refractivity contribution >= 4 is 0 Å². The minimum Gasteiger partial charge on any atom is -0.493 e. The third-order valence-corrected chi connectivity index (χ3v) is 3.38. The van der Waals surface area contributed by atoms with Crippen molar-refractivity contribution in [2.24, 2.45) is 0 Å². The highest BCUT2D eigenvalue weighted by atomic mass is 16.5. The fourth-order valence-corrected chi connectivity index (χ4v) is 2.11. The van der Waals surface area contributed by atoms with Crippen LogP contribution < -0.4 is 14.8 Å². The molecule has 1 unspecified atom stereocenters. The summed E-state index contributed by atoms with van der Waals surface area (Å²) in [5, 5.41) is 3.53. The van der Waals surface area contributed by atoms with Gasteiger partial charge in [-0.05, 0) is 50.4 Å². The number of methoxy groups -OCH3 is 3. The van der Waals surface area contributed by atoms with Gasteiger partial charge in [0.1, 0.15) is 0 Å². The highest BCUT2D eigenvalue weighted by Gasteiger charge is 2.09. The van der Waals surface area contributed by atoms with Crippen LogP contribution in [0.4, 0.5) is 0 Å². The molecule has 0 spiro atoms. The lowest BCUT2D eigenvalue weighted by Gasteiger charge is -2.16. The predicted molar refractivity (Wildman–Crippen MR) is 81.7 cm³/mol. The normalized spacial score (nSPS) is 12.2. The topological polar surface area (TPSA) is 39.7 Å². The summed E-state index contributed by atoms with van der Waals surface area (Å²) in [6.07, 6.45) is 3.49. The average molecular weight is 281 g/mol. The van der Waals surface area contributed by atoms with Gasteiger partial charge < -0.3 is 19.5 Å². The number of ether oxygens (including phenoxy) is 3. The molecule has 1 aromatic carbocycles. The monoisotopic (exact) mass is 281 g/mol. The Kier molecular flexibility index (Phi) is 8.07. The van der Waals surface area contributed by atoms with Crippen LogP contribution in [0.15, 0.2) is 18.2 Å². The molecule has 0 aliphatic rings. The Morgan fingerprint density at radius 3 is 2.40 bits per heavy atom. The molecule has 0 bridgehead atoms. The van der Waals surface area contributed by atoms with E-state index in [9.17, 15) is 0 Å². The fraction of sp³-hybridized carbons (Fsp3) is 0.625. The van der Waals surface area contributed by atoms with E-state index in [4.69, 9.17) is 14.2 Å². The number of rotatable bonds is 10. The quantitative estimate of drug-likeness (QED) is 0.669. The summed E-state index contributed by atoms with van der Waals surface area (Å²) in [6.45, 7) is 4.03. The Morgan fingerprint density at radius 2 is 1.75 bits per heavy atom. The molecule has 0 heterocycles. The zero-order valence-electron chi connectivity index (χ0n) is 13.1. The van der Waals surface area contributed by atoms with Crippen molar-refractivity contribution in [2.75, 3.05) is 34.5 Å². The average Bonchev–Trinajstić information content (AvgIpc) is 2.49. The largest absolute Gasteiger partial charge is 0.493 e. The van der Waals surface area contributed by atoms with Crippen LogP contribution >= 0.6 is 0 Å². The Balaban J connectivity index is 2.41. The first-order valence-corrected chi connectivity index (χ1v) is 7.17. The SMILES string of the molecule is COCCCCCNC(C)c1ccc(OC)c(OC)c1. The van der Waals surface area contributed by atoms with Gasteiger partial charge in [0.25, 0.3) is 0 Å². The number of unbranched alkanes of at least 4 members (excludes halogenated alkanes) is 2. The molecule has 1 atom stereocenters. The second-order valence-corrected chi connectivity index (χ2v) is 4.84. The van der Waals surface area contributed by atoms with Gasteiger partial charge in [-0.3, -0.25) is 0 Å². The van der Waals surface area contributed by atoms with Gasteiger partial charge in [0, 0.05) is 19.8 Å². The maximum Gasteiger partial charge on any atom is 0.161 e. The first-order chi connectivity index (χ1) is 9.72. The van der Waals surface area contributed by atoms with Gasteiger partial charge >= 0.3 is 0 Å². The minimum absolute atomic E-state index is 0.303. The van der Waals surface area contributed by atoms with E-state index in [0.29, 0.717) is 6.04 Å². The van der Waals surface area contributed by atoms with Crippen LogP contribution in [0.1, 0.15) is 37.8 Å². The van der Waals surface area contributed by atoms with Crippen LogP contribution in [0, 0.1) is 0 Å². The van der Waals surface area contributed by atoms with E-state index in [0.717, 1.165) is 31.1 Å². The van der Waals surface area contributed by atoms with Gasteiger partial charge in [0.15, 0.2) is 11.5 Å². The Morgan fingerprint density at radius 1 is 1.00 bits per heavy atom. The van der Waals surface area contributed by atoms with Crippen molar-refractivity contribution in [1.82, 2.24) is 5.32 Å². The van der Waals surface area contributed by atoms with E-state index in [-0.39, 0.29) is 0 Å². The summed E-state index contributed by atoms with van der Waals surface area (Å²) in [4.78, 5) is 0. The van der Waals surface area contributed by atoms with Crippen molar-refractivity contribution in [1.29, 1.82) is 0 Å². The van der Waals surface area contributed by atoms with E-state index < -0.39 is 0 Å². The molecular weight excluding hydrogens is 254 g/mol. The van der Waals surface area contributed by atoms with Crippen molar-refractivity contribution in [3.05, 3.63) is 23.8 Å². The summed E-state index contributed by atoms with van der Waals surface area (Å²) in [6, 6.07) is 6.35. The van der Waals surface area contributed by atoms with E-state index in [2.05, 4.69) is 18.3 Å². The zero-order chi connectivity index (χ0) is 14.8. The first-order valence-electron chi connectivity index (χ1n) is 7.17. The molecule has 0 radical (unpaired) electrons. The molecule has 0 aliphatic carbocycles. The van der Waals surface area contributed by atoms with Gasteiger partial charge in [0.05, 0.1) is 14.2 Å². The lowest BCUT2D eigenvalue weighted by Crippen LogP contribution is -2.20. The predicted octanol–water partition coefficient (Wildman–Crippen LogP) is 3.17. The molecule has 0 fully saturated rings. The fourth-order valence-electron chi connectivity index (χ4n) is 2.11. The molecule has 0 amide bonds. The molecule has 1 aromatic rings. The molecule has 0 saturated heterocycles. The zero-order valence-corrected chi connectivity index (χ0v) is 13.1. The molecule has 1 N–H and O–H groups in total. The van der Waals surface area contributed by atoms with Gasteiger partial charge in [-0.2, -0.15) is 0 Å². The smallest absolute Gasteiger partial charge is 0.161 e. The standard InChI is InChI=1S/C16H27NO3/c1-13(17-10-6-5-7-11-18-2)14-8-9-15(19-3)16(12-14)20-4/h8-9,12-13,17H,5-7,10-11H2,1-4H3. The maximum atomic E-state index is 5.33. The minimum atomic E-state index is 0.303. The van der Waals surface area contributed by atoms with E-state index in [1.165, 1.54) is 18.4 Å². The molecule has 114 valence electrons. The van der Waals surface area contributed by atoms with E-state index >= 15 is 0 Å². The van der Waals surface area contributed by atoms with Gasteiger partial charge in [-0.15, -0.1) is 0 Å². The van der Waals surface area contributed by atoms with Crippen LogP contribution in [0.25, 0.3) is 0 Å². The first kappa shape index (κ1) is 16.8. The second-order valence-electron chi connectivity index (χ2n) is 4.84. The number of nitrogens with one attached hydrogen (secondary N) is 1. The highest BCUT2D eigenvalue weighted by molar-refractivity contribution is 5.43. The molecule has 1 rings (SSSR count). The third kappa shape index (κ3) is 5.39. The lowest BCUT2D eigenvalue weighted by atomic mass is 10.1. The molecule has 0 saturated carbocycles. The number of hydrogen-bond acceptors (Lipinski definition) is 4.